The van der Waals surface area contributed by atoms with Crippen LogP contribution in [0.2, 0.25) is 0 Å². The fourth-order valence-electron chi connectivity index (χ4n) is 1.78. The molecule has 0 bridgehead atoms. The van der Waals surface area contributed by atoms with Crippen LogP contribution in [0.4, 0.5) is 5.69 Å². The largest absolute Gasteiger partial charge is 0.325 e. The maximum Gasteiger partial charge on any atom is 0.241 e. The van der Waals surface area contributed by atoms with Crippen molar-refractivity contribution in [2.45, 2.75) is 40.2 Å². The van der Waals surface area contributed by atoms with E-state index < -0.39 is 6.04 Å². The number of nitrogens with one attached hydrogen (secondary N) is 1. The molecule has 0 spiro atoms. The normalized spacial score (nSPS) is 14.2. The average molecular weight is 234 g/mol. The summed E-state index contributed by atoms with van der Waals surface area (Å²) in [5.74, 6) is 0.0882. The summed E-state index contributed by atoms with van der Waals surface area (Å²) in [6.45, 7) is 8.05. The van der Waals surface area contributed by atoms with E-state index in [1.807, 2.05) is 39.8 Å². The maximum atomic E-state index is 11.9. The molecule has 3 nitrogen and oxygen atoms in total. The smallest absolute Gasteiger partial charge is 0.241 e. The number of nitrogens with two attached hydrogens (primary N) is 1. The van der Waals surface area contributed by atoms with Gasteiger partial charge >= 0.3 is 0 Å². The van der Waals surface area contributed by atoms with Crippen LogP contribution in [0.5, 0.6) is 0 Å². The van der Waals surface area contributed by atoms with Gasteiger partial charge in [-0.05, 0) is 43.0 Å². The number of carbonyl (C=O) groups is 1. The summed E-state index contributed by atoms with van der Waals surface area (Å²) in [5, 5.41) is 2.87. The van der Waals surface area contributed by atoms with Gasteiger partial charge in [0.2, 0.25) is 5.91 Å². The first-order valence-corrected chi connectivity index (χ1v) is 6.08. The van der Waals surface area contributed by atoms with E-state index in [-0.39, 0.29) is 11.8 Å². The van der Waals surface area contributed by atoms with Gasteiger partial charge in [-0.2, -0.15) is 0 Å². The Labute approximate surface area is 103 Å². The third kappa shape index (κ3) is 3.86. The van der Waals surface area contributed by atoms with Crippen LogP contribution >= 0.6 is 0 Å². The standard InChI is InChI=1S/C14H22N2O/c1-5-11(4)13(15)14(17)16-12-7-9(2)6-10(3)8-12/h6-8,11,13H,5,15H2,1-4H3,(H,16,17)/t11?,13-/m0/s1. The first-order chi connectivity index (χ1) is 7.93. The van der Waals surface area contributed by atoms with E-state index in [1.165, 1.54) is 0 Å². The van der Waals surface area contributed by atoms with Gasteiger partial charge in [0.1, 0.15) is 0 Å². The Hall–Kier alpha value is -1.35. The number of rotatable bonds is 4. The van der Waals surface area contributed by atoms with Crippen LogP contribution in [0.1, 0.15) is 31.4 Å². The second kappa shape index (κ2) is 5.82. The van der Waals surface area contributed by atoms with E-state index in [1.54, 1.807) is 0 Å². The van der Waals surface area contributed by atoms with Gasteiger partial charge in [-0.25, -0.2) is 0 Å². The lowest BCUT2D eigenvalue weighted by molar-refractivity contribution is -0.118. The summed E-state index contributed by atoms with van der Waals surface area (Å²) in [6, 6.07) is 5.54. The third-order valence-corrected chi connectivity index (χ3v) is 3.05. The van der Waals surface area contributed by atoms with E-state index in [0.29, 0.717) is 0 Å². The highest BCUT2D eigenvalue weighted by Crippen LogP contribution is 2.15. The van der Waals surface area contributed by atoms with Crippen molar-refractivity contribution >= 4 is 11.6 Å². The van der Waals surface area contributed by atoms with Gasteiger partial charge in [0.05, 0.1) is 6.04 Å². The molecule has 94 valence electrons. The lowest BCUT2D eigenvalue weighted by Crippen LogP contribution is -2.40. The van der Waals surface area contributed by atoms with Gasteiger partial charge in [0.25, 0.3) is 0 Å². The Bertz CT molecular complexity index is 381. The van der Waals surface area contributed by atoms with Crippen molar-refractivity contribution in [1.82, 2.24) is 0 Å². The zero-order valence-corrected chi connectivity index (χ0v) is 11.1. The quantitative estimate of drug-likeness (QED) is 0.841. The van der Waals surface area contributed by atoms with Crippen LogP contribution in [0, 0.1) is 19.8 Å². The second-order valence-corrected chi connectivity index (χ2v) is 4.78. The SMILES string of the molecule is CCC(C)[C@H](N)C(=O)Nc1cc(C)cc(C)c1. The molecule has 1 aromatic rings. The van der Waals surface area contributed by atoms with Crippen LogP contribution in [0.15, 0.2) is 18.2 Å². The molecule has 17 heavy (non-hydrogen) atoms. The minimum absolute atomic E-state index is 0.107. The molecule has 0 aliphatic carbocycles. The molecule has 2 atom stereocenters. The lowest BCUT2D eigenvalue weighted by Gasteiger charge is -2.18. The number of carbonyl (C=O) groups excluding carboxylic acids is 1. The summed E-state index contributed by atoms with van der Waals surface area (Å²) >= 11 is 0. The molecule has 0 saturated carbocycles. The Kier molecular flexibility index (Phi) is 4.70. The molecule has 0 aliphatic heterocycles. The van der Waals surface area contributed by atoms with Gasteiger partial charge in [0, 0.05) is 5.69 Å². The molecule has 1 amide bonds. The summed E-state index contributed by atoms with van der Waals surface area (Å²) in [6.07, 6.45) is 0.904. The predicted molar refractivity (Wildman–Crippen MR) is 72.0 cm³/mol. The Morgan fingerprint density at radius 2 is 1.82 bits per heavy atom. The third-order valence-electron chi connectivity index (χ3n) is 3.05. The highest BCUT2D eigenvalue weighted by molar-refractivity contribution is 5.95. The maximum absolute atomic E-state index is 11.9. The molecule has 1 unspecified atom stereocenters. The Morgan fingerprint density at radius 3 is 2.29 bits per heavy atom. The van der Waals surface area contributed by atoms with Gasteiger partial charge in [-0.3, -0.25) is 4.79 Å². The predicted octanol–water partition coefficient (Wildman–Crippen LogP) is 2.62. The van der Waals surface area contributed by atoms with E-state index in [2.05, 4.69) is 11.4 Å². The molecule has 3 heteroatoms. The molecule has 0 saturated heterocycles. The minimum atomic E-state index is -0.444. The summed E-state index contributed by atoms with van der Waals surface area (Å²) < 4.78 is 0. The minimum Gasteiger partial charge on any atom is -0.325 e. The molecule has 0 radical (unpaired) electrons. The van der Waals surface area contributed by atoms with Crippen LogP contribution < -0.4 is 11.1 Å². The zero-order valence-electron chi connectivity index (χ0n) is 11.1. The van der Waals surface area contributed by atoms with E-state index in [4.69, 9.17) is 5.73 Å². The highest BCUT2D eigenvalue weighted by Gasteiger charge is 2.19. The second-order valence-electron chi connectivity index (χ2n) is 4.78. The van der Waals surface area contributed by atoms with Crippen molar-refractivity contribution < 1.29 is 4.79 Å². The zero-order chi connectivity index (χ0) is 13.0. The molecule has 0 aliphatic rings. The average Bonchev–Trinajstić information content (AvgIpc) is 2.25. The topological polar surface area (TPSA) is 55.1 Å². The first-order valence-electron chi connectivity index (χ1n) is 6.08. The fraction of sp³-hybridized carbons (Fsp3) is 0.500. The van der Waals surface area contributed by atoms with Crippen LogP contribution in [0.25, 0.3) is 0 Å². The lowest BCUT2D eigenvalue weighted by atomic mass is 9.99. The molecule has 1 aromatic carbocycles. The van der Waals surface area contributed by atoms with Crippen molar-refractivity contribution in [3.8, 4) is 0 Å². The summed E-state index contributed by atoms with van der Waals surface area (Å²) in [5.41, 5.74) is 8.98. The van der Waals surface area contributed by atoms with Gasteiger partial charge < -0.3 is 11.1 Å². The van der Waals surface area contributed by atoms with E-state index in [0.717, 1.165) is 23.2 Å². The van der Waals surface area contributed by atoms with Crippen molar-refractivity contribution in [3.05, 3.63) is 29.3 Å². The number of anilines is 1. The molecule has 0 fully saturated rings. The molecule has 0 aromatic heterocycles. The summed E-state index contributed by atoms with van der Waals surface area (Å²) in [4.78, 5) is 11.9. The van der Waals surface area contributed by atoms with Crippen molar-refractivity contribution in [2.75, 3.05) is 5.32 Å². The molecule has 1 rings (SSSR count). The molecule has 0 heterocycles. The van der Waals surface area contributed by atoms with Gasteiger partial charge in [-0.15, -0.1) is 0 Å². The number of benzene rings is 1. The van der Waals surface area contributed by atoms with Crippen molar-refractivity contribution in [2.24, 2.45) is 11.7 Å². The van der Waals surface area contributed by atoms with Gasteiger partial charge in [0.15, 0.2) is 0 Å². The van der Waals surface area contributed by atoms with Gasteiger partial charge in [-0.1, -0.05) is 26.3 Å². The Balaban J connectivity index is 2.74. The highest BCUT2D eigenvalue weighted by atomic mass is 16.2. The van der Waals surface area contributed by atoms with Crippen LogP contribution in [-0.2, 0) is 4.79 Å². The van der Waals surface area contributed by atoms with E-state index in [9.17, 15) is 4.79 Å². The van der Waals surface area contributed by atoms with Crippen LogP contribution in [0.3, 0.4) is 0 Å². The van der Waals surface area contributed by atoms with Crippen molar-refractivity contribution in [3.63, 3.8) is 0 Å². The van der Waals surface area contributed by atoms with E-state index >= 15 is 0 Å². The number of hydrogen-bond acceptors (Lipinski definition) is 2. The number of hydrogen-bond donors (Lipinski definition) is 2. The number of amides is 1. The van der Waals surface area contributed by atoms with Crippen molar-refractivity contribution in [1.29, 1.82) is 0 Å². The Morgan fingerprint density at radius 1 is 1.29 bits per heavy atom. The monoisotopic (exact) mass is 234 g/mol. The summed E-state index contributed by atoms with van der Waals surface area (Å²) in [7, 11) is 0. The van der Waals surface area contributed by atoms with Crippen LogP contribution in [-0.4, -0.2) is 11.9 Å². The number of aryl methyl sites for hydroxylation is 2. The fourth-order valence-corrected chi connectivity index (χ4v) is 1.78. The first kappa shape index (κ1) is 13.7. The molecular formula is C14H22N2O. The molecule has 3 N–H and O–H groups in total. The molecular weight excluding hydrogens is 212 g/mol.